The third-order valence-corrected chi connectivity index (χ3v) is 1.78. The summed E-state index contributed by atoms with van der Waals surface area (Å²) in [5, 5.41) is 5.92. The highest BCUT2D eigenvalue weighted by molar-refractivity contribution is 4.81. The van der Waals surface area contributed by atoms with Gasteiger partial charge in [0, 0.05) is 12.6 Å². The smallest absolute Gasteiger partial charge is 0.128 e. The maximum absolute atomic E-state index is 12.7. The van der Waals surface area contributed by atoms with Gasteiger partial charge in [-0.25, -0.2) is 4.39 Å². The van der Waals surface area contributed by atoms with Gasteiger partial charge >= 0.3 is 0 Å². The van der Waals surface area contributed by atoms with Crippen LogP contribution in [0.3, 0.4) is 0 Å². The number of rotatable bonds is 1. The zero-order chi connectivity index (χ0) is 6.69. The number of piperidine rings is 1. The summed E-state index contributed by atoms with van der Waals surface area (Å²) in [5.41, 5.74) is 0. The van der Waals surface area contributed by atoms with E-state index in [1.54, 1.807) is 0 Å². The highest BCUT2D eigenvalue weighted by atomic mass is 19.1. The Morgan fingerprint density at radius 3 is 2.89 bits per heavy atom. The minimum absolute atomic E-state index is 0.0752. The summed E-state index contributed by atoms with van der Waals surface area (Å²) in [6.07, 6.45) is 0.196. The minimum atomic E-state index is -0.705. The zero-order valence-corrected chi connectivity index (χ0v) is 5.65. The van der Waals surface area contributed by atoms with E-state index in [1.807, 2.05) is 7.05 Å². The molecule has 0 aliphatic carbocycles. The van der Waals surface area contributed by atoms with Gasteiger partial charge in [-0.05, 0) is 20.0 Å². The molecular weight excluding hydrogens is 119 g/mol. The van der Waals surface area contributed by atoms with Gasteiger partial charge < -0.3 is 10.6 Å². The second-order valence-electron chi connectivity index (χ2n) is 2.40. The molecule has 1 heterocycles. The normalized spacial score (nSPS) is 36.7. The highest BCUT2D eigenvalue weighted by Gasteiger charge is 2.21. The lowest BCUT2D eigenvalue weighted by atomic mass is 10.1. The van der Waals surface area contributed by atoms with Crippen LogP contribution < -0.4 is 10.6 Å². The van der Waals surface area contributed by atoms with Gasteiger partial charge in [0.15, 0.2) is 0 Å². The lowest BCUT2D eigenvalue weighted by Gasteiger charge is -2.25. The first-order chi connectivity index (χ1) is 4.34. The molecular formula is C6H13FN2. The van der Waals surface area contributed by atoms with Crippen molar-refractivity contribution in [2.24, 2.45) is 0 Å². The molecule has 0 aromatic heterocycles. The first-order valence-electron chi connectivity index (χ1n) is 3.36. The maximum atomic E-state index is 12.7. The number of nitrogens with one attached hydrogen (secondary N) is 2. The van der Waals surface area contributed by atoms with Crippen LogP contribution in [0.25, 0.3) is 0 Å². The molecule has 1 saturated heterocycles. The number of halogens is 1. The van der Waals surface area contributed by atoms with Crippen LogP contribution in [0.4, 0.5) is 4.39 Å². The van der Waals surface area contributed by atoms with Crippen LogP contribution in [-0.2, 0) is 0 Å². The van der Waals surface area contributed by atoms with Crippen molar-refractivity contribution in [3.8, 4) is 0 Å². The standard InChI is InChI=1S/C6H13FN2/c1-8-6-2-3-9-4-5(6)7/h5-6,8-9H,2-4H2,1H3/t5-,6+/m1/s1. The topological polar surface area (TPSA) is 24.1 Å². The summed E-state index contributed by atoms with van der Waals surface area (Å²) in [6, 6.07) is 0.0752. The molecule has 1 aliphatic heterocycles. The molecule has 54 valence electrons. The van der Waals surface area contributed by atoms with Gasteiger partial charge in [-0.15, -0.1) is 0 Å². The van der Waals surface area contributed by atoms with Crippen molar-refractivity contribution in [1.29, 1.82) is 0 Å². The minimum Gasteiger partial charge on any atom is -0.314 e. The van der Waals surface area contributed by atoms with E-state index >= 15 is 0 Å². The van der Waals surface area contributed by atoms with Gasteiger partial charge in [0.2, 0.25) is 0 Å². The van der Waals surface area contributed by atoms with Crippen molar-refractivity contribution in [2.75, 3.05) is 20.1 Å². The maximum Gasteiger partial charge on any atom is 0.128 e. The fourth-order valence-corrected chi connectivity index (χ4v) is 1.15. The predicted molar refractivity (Wildman–Crippen MR) is 35.2 cm³/mol. The van der Waals surface area contributed by atoms with Crippen LogP contribution in [0, 0.1) is 0 Å². The Morgan fingerprint density at radius 2 is 2.44 bits per heavy atom. The van der Waals surface area contributed by atoms with Crippen LogP contribution in [0.1, 0.15) is 6.42 Å². The molecule has 3 heteroatoms. The van der Waals surface area contributed by atoms with E-state index in [0.717, 1.165) is 13.0 Å². The summed E-state index contributed by atoms with van der Waals surface area (Å²) in [6.45, 7) is 1.44. The number of hydrogen-bond donors (Lipinski definition) is 2. The van der Waals surface area contributed by atoms with E-state index in [0.29, 0.717) is 6.54 Å². The molecule has 1 fully saturated rings. The Balaban J connectivity index is 2.30. The number of hydrogen-bond acceptors (Lipinski definition) is 2. The summed E-state index contributed by atoms with van der Waals surface area (Å²) in [5.74, 6) is 0. The molecule has 0 unspecified atom stereocenters. The van der Waals surface area contributed by atoms with Gasteiger partial charge in [-0.3, -0.25) is 0 Å². The van der Waals surface area contributed by atoms with E-state index in [1.165, 1.54) is 0 Å². The Hall–Kier alpha value is -0.150. The second kappa shape index (κ2) is 3.13. The molecule has 1 rings (SSSR count). The van der Waals surface area contributed by atoms with Crippen molar-refractivity contribution in [2.45, 2.75) is 18.6 Å². The van der Waals surface area contributed by atoms with Crippen molar-refractivity contribution in [3.63, 3.8) is 0 Å². The number of alkyl halides is 1. The molecule has 1 aliphatic rings. The molecule has 0 aromatic rings. The van der Waals surface area contributed by atoms with Gasteiger partial charge in [0.05, 0.1) is 0 Å². The summed E-state index contributed by atoms with van der Waals surface area (Å²) in [4.78, 5) is 0. The van der Waals surface area contributed by atoms with Crippen LogP contribution in [0.15, 0.2) is 0 Å². The lowest BCUT2D eigenvalue weighted by molar-refractivity contribution is 0.210. The van der Waals surface area contributed by atoms with E-state index < -0.39 is 6.17 Å². The van der Waals surface area contributed by atoms with Crippen molar-refractivity contribution in [1.82, 2.24) is 10.6 Å². The van der Waals surface area contributed by atoms with Gasteiger partial charge in [0.1, 0.15) is 6.17 Å². The average Bonchev–Trinajstić information content (AvgIpc) is 1.89. The predicted octanol–water partition coefficient (Wildman–Crippen LogP) is -0.0942. The molecule has 0 saturated carbocycles. The molecule has 0 spiro atoms. The first kappa shape index (κ1) is 6.96. The van der Waals surface area contributed by atoms with Crippen molar-refractivity contribution < 1.29 is 4.39 Å². The van der Waals surface area contributed by atoms with E-state index in [-0.39, 0.29) is 6.04 Å². The fourth-order valence-electron chi connectivity index (χ4n) is 1.15. The second-order valence-corrected chi connectivity index (χ2v) is 2.40. The summed E-state index contributed by atoms with van der Waals surface area (Å²) >= 11 is 0. The molecule has 0 aromatic carbocycles. The monoisotopic (exact) mass is 132 g/mol. The molecule has 9 heavy (non-hydrogen) atoms. The average molecular weight is 132 g/mol. The molecule has 2 atom stereocenters. The SMILES string of the molecule is CN[C@H]1CCNC[C@H]1F. The Morgan fingerprint density at radius 1 is 1.67 bits per heavy atom. The van der Waals surface area contributed by atoms with Crippen molar-refractivity contribution in [3.05, 3.63) is 0 Å². The molecule has 2 nitrogen and oxygen atoms in total. The van der Waals surface area contributed by atoms with Gasteiger partial charge in [-0.1, -0.05) is 0 Å². The third-order valence-electron chi connectivity index (χ3n) is 1.78. The zero-order valence-electron chi connectivity index (χ0n) is 5.65. The van der Waals surface area contributed by atoms with Crippen LogP contribution in [-0.4, -0.2) is 32.4 Å². The largest absolute Gasteiger partial charge is 0.314 e. The van der Waals surface area contributed by atoms with Gasteiger partial charge in [-0.2, -0.15) is 0 Å². The quantitative estimate of drug-likeness (QED) is 0.521. The molecule has 2 N–H and O–H groups in total. The molecule has 0 bridgehead atoms. The summed E-state index contributed by atoms with van der Waals surface area (Å²) < 4.78 is 12.7. The van der Waals surface area contributed by atoms with E-state index in [4.69, 9.17) is 0 Å². The Kier molecular flexibility index (Phi) is 2.42. The lowest BCUT2D eigenvalue weighted by Crippen LogP contribution is -2.47. The van der Waals surface area contributed by atoms with Crippen molar-refractivity contribution >= 4 is 0 Å². The van der Waals surface area contributed by atoms with Gasteiger partial charge in [0.25, 0.3) is 0 Å². The Bertz CT molecular complexity index is 87.1. The third kappa shape index (κ3) is 1.63. The van der Waals surface area contributed by atoms with Crippen LogP contribution in [0.5, 0.6) is 0 Å². The first-order valence-corrected chi connectivity index (χ1v) is 3.36. The molecule has 0 amide bonds. The Labute approximate surface area is 54.8 Å². The van der Waals surface area contributed by atoms with Crippen LogP contribution in [0.2, 0.25) is 0 Å². The highest BCUT2D eigenvalue weighted by Crippen LogP contribution is 2.05. The van der Waals surface area contributed by atoms with E-state index in [9.17, 15) is 4.39 Å². The molecule has 0 radical (unpaired) electrons. The fraction of sp³-hybridized carbons (Fsp3) is 1.00. The van der Waals surface area contributed by atoms with E-state index in [2.05, 4.69) is 10.6 Å². The summed E-state index contributed by atoms with van der Waals surface area (Å²) in [7, 11) is 1.81. The van der Waals surface area contributed by atoms with Crippen LogP contribution >= 0.6 is 0 Å².